The number of fused-ring (bicyclic) bond motifs is 1. The molecule has 1 heterocycles. The number of pyridine rings is 1. The molecule has 28 heavy (non-hydrogen) atoms. The number of thioether (sulfide) groups is 1. The molecule has 2 aromatic carbocycles. The van der Waals surface area contributed by atoms with Crippen molar-refractivity contribution in [2.24, 2.45) is 5.14 Å². The molecule has 1 amide bonds. The van der Waals surface area contributed by atoms with Crippen molar-refractivity contribution in [3.8, 4) is 0 Å². The lowest BCUT2D eigenvalue weighted by Crippen LogP contribution is -2.22. The van der Waals surface area contributed by atoms with Crippen LogP contribution in [0.15, 0.2) is 58.5 Å². The number of hydrogen-bond donors (Lipinski definition) is 2. The van der Waals surface area contributed by atoms with Crippen LogP contribution in [0, 0.1) is 13.8 Å². The summed E-state index contributed by atoms with van der Waals surface area (Å²) < 4.78 is 22.6. The average Bonchev–Trinajstić information content (AvgIpc) is 2.62. The van der Waals surface area contributed by atoms with E-state index in [4.69, 9.17) is 10.1 Å². The molecule has 3 rings (SSSR count). The van der Waals surface area contributed by atoms with E-state index in [0.717, 1.165) is 27.1 Å². The summed E-state index contributed by atoms with van der Waals surface area (Å²) in [5.41, 5.74) is 3.65. The van der Waals surface area contributed by atoms with E-state index >= 15 is 0 Å². The number of amides is 1. The van der Waals surface area contributed by atoms with Gasteiger partial charge in [-0.3, -0.25) is 4.79 Å². The summed E-state index contributed by atoms with van der Waals surface area (Å²) in [6, 6.07) is 13.8. The highest BCUT2D eigenvalue weighted by molar-refractivity contribution is 8.00. The fourth-order valence-corrected chi connectivity index (χ4v) is 4.23. The molecular formula is C20H21N3O3S2. The Morgan fingerprint density at radius 3 is 2.43 bits per heavy atom. The second kappa shape index (κ2) is 7.90. The zero-order valence-corrected chi connectivity index (χ0v) is 17.4. The van der Waals surface area contributed by atoms with Gasteiger partial charge < -0.3 is 5.32 Å². The summed E-state index contributed by atoms with van der Waals surface area (Å²) in [6.07, 6.45) is 0. The van der Waals surface area contributed by atoms with Crippen molar-refractivity contribution in [3.63, 3.8) is 0 Å². The van der Waals surface area contributed by atoms with E-state index in [1.807, 2.05) is 38.1 Å². The minimum Gasteiger partial charge on any atom is -0.325 e. The van der Waals surface area contributed by atoms with Gasteiger partial charge in [-0.15, -0.1) is 0 Å². The Hall–Kier alpha value is -2.42. The van der Waals surface area contributed by atoms with Crippen LogP contribution in [0.5, 0.6) is 0 Å². The fraction of sp³-hybridized carbons (Fsp3) is 0.200. The lowest BCUT2D eigenvalue weighted by molar-refractivity contribution is -0.115. The SMILES string of the molecule is Cc1cc(S[C@H](C)C(=O)Nc2ccc(S(N)(=O)=O)cc2)nc2c(C)cccc12. The summed E-state index contributed by atoms with van der Waals surface area (Å²) in [4.78, 5) is 17.2. The van der Waals surface area contributed by atoms with Gasteiger partial charge in [0.1, 0.15) is 0 Å². The molecule has 0 spiro atoms. The largest absolute Gasteiger partial charge is 0.325 e. The maximum atomic E-state index is 12.5. The molecule has 1 atom stereocenters. The Labute approximate surface area is 168 Å². The number of nitrogens with zero attached hydrogens (tertiary/aromatic N) is 1. The lowest BCUT2D eigenvalue weighted by atomic mass is 10.1. The van der Waals surface area contributed by atoms with Crippen molar-refractivity contribution in [3.05, 3.63) is 59.7 Å². The van der Waals surface area contributed by atoms with Crippen molar-refractivity contribution in [2.75, 3.05) is 5.32 Å². The molecule has 0 saturated heterocycles. The Kier molecular flexibility index (Phi) is 5.74. The Morgan fingerprint density at radius 2 is 1.79 bits per heavy atom. The number of benzene rings is 2. The van der Waals surface area contributed by atoms with E-state index in [-0.39, 0.29) is 16.1 Å². The molecule has 0 unspecified atom stereocenters. The number of aromatic nitrogens is 1. The van der Waals surface area contributed by atoms with Crippen LogP contribution in [0.1, 0.15) is 18.1 Å². The second-order valence-corrected chi connectivity index (χ2v) is 9.49. The highest BCUT2D eigenvalue weighted by Crippen LogP contribution is 2.28. The highest BCUT2D eigenvalue weighted by Gasteiger charge is 2.17. The quantitative estimate of drug-likeness (QED) is 0.620. The first-order valence-electron chi connectivity index (χ1n) is 8.62. The zero-order valence-electron chi connectivity index (χ0n) is 15.8. The smallest absolute Gasteiger partial charge is 0.238 e. The molecule has 0 radical (unpaired) electrons. The maximum absolute atomic E-state index is 12.5. The van der Waals surface area contributed by atoms with Gasteiger partial charge in [-0.25, -0.2) is 18.5 Å². The molecule has 3 aromatic rings. The van der Waals surface area contributed by atoms with E-state index in [1.54, 1.807) is 6.92 Å². The van der Waals surface area contributed by atoms with E-state index in [2.05, 4.69) is 5.32 Å². The highest BCUT2D eigenvalue weighted by atomic mass is 32.2. The molecule has 0 aliphatic rings. The summed E-state index contributed by atoms with van der Waals surface area (Å²) in [7, 11) is -3.76. The third-order valence-electron chi connectivity index (χ3n) is 4.34. The van der Waals surface area contributed by atoms with Crippen LogP contribution in [0.25, 0.3) is 10.9 Å². The second-order valence-electron chi connectivity index (χ2n) is 6.57. The Balaban J connectivity index is 1.74. The number of hydrogen-bond acceptors (Lipinski definition) is 5. The lowest BCUT2D eigenvalue weighted by Gasteiger charge is -2.13. The monoisotopic (exact) mass is 415 g/mol. The third-order valence-corrected chi connectivity index (χ3v) is 6.29. The van der Waals surface area contributed by atoms with Crippen LogP contribution in [0.4, 0.5) is 5.69 Å². The number of carbonyl (C=O) groups excluding carboxylic acids is 1. The van der Waals surface area contributed by atoms with Gasteiger partial charge in [0.05, 0.1) is 20.7 Å². The van der Waals surface area contributed by atoms with Crippen molar-refractivity contribution >= 4 is 44.3 Å². The summed E-state index contributed by atoms with van der Waals surface area (Å²) >= 11 is 1.38. The van der Waals surface area contributed by atoms with Gasteiger partial charge in [0.2, 0.25) is 15.9 Å². The normalized spacial score (nSPS) is 12.7. The van der Waals surface area contributed by atoms with Crippen molar-refractivity contribution in [1.82, 2.24) is 4.98 Å². The Morgan fingerprint density at radius 1 is 1.11 bits per heavy atom. The molecule has 146 valence electrons. The topological polar surface area (TPSA) is 102 Å². The van der Waals surface area contributed by atoms with Crippen LogP contribution in [-0.4, -0.2) is 24.6 Å². The van der Waals surface area contributed by atoms with Crippen LogP contribution >= 0.6 is 11.8 Å². The predicted octanol–water partition coefficient (Wildman–Crippen LogP) is 3.62. The molecule has 0 aliphatic heterocycles. The first-order chi connectivity index (χ1) is 13.1. The molecule has 3 N–H and O–H groups in total. The van der Waals surface area contributed by atoms with Gasteiger partial charge in [-0.2, -0.15) is 0 Å². The first-order valence-corrected chi connectivity index (χ1v) is 11.0. The maximum Gasteiger partial charge on any atom is 0.238 e. The number of aryl methyl sites for hydroxylation is 2. The predicted molar refractivity (Wildman–Crippen MR) is 113 cm³/mol. The average molecular weight is 416 g/mol. The molecule has 0 fully saturated rings. The fourth-order valence-electron chi connectivity index (χ4n) is 2.80. The number of carbonyl (C=O) groups is 1. The van der Waals surface area contributed by atoms with Crippen LogP contribution in [0.2, 0.25) is 0 Å². The van der Waals surface area contributed by atoms with Crippen LogP contribution in [-0.2, 0) is 14.8 Å². The number of para-hydroxylation sites is 1. The minimum atomic E-state index is -3.76. The van der Waals surface area contributed by atoms with Gasteiger partial charge in [0, 0.05) is 11.1 Å². The molecule has 8 heteroatoms. The van der Waals surface area contributed by atoms with E-state index < -0.39 is 10.0 Å². The summed E-state index contributed by atoms with van der Waals surface area (Å²) in [5, 5.41) is 9.37. The van der Waals surface area contributed by atoms with Crippen LogP contribution in [0.3, 0.4) is 0 Å². The van der Waals surface area contributed by atoms with Gasteiger partial charge in [0.15, 0.2) is 0 Å². The van der Waals surface area contributed by atoms with Gasteiger partial charge in [0.25, 0.3) is 0 Å². The number of anilines is 1. The van der Waals surface area contributed by atoms with Crippen molar-refractivity contribution in [1.29, 1.82) is 0 Å². The Bertz CT molecular complexity index is 1140. The van der Waals surface area contributed by atoms with Crippen molar-refractivity contribution in [2.45, 2.75) is 35.9 Å². The van der Waals surface area contributed by atoms with Gasteiger partial charge in [-0.05, 0) is 62.2 Å². The number of nitrogens with one attached hydrogen (secondary N) is 1. The standard InChI is InChI=1S/C20H21N3O3S2/c1-12-5-4-6-17-13(2)11-18(23-19(12)17)27-14(3)20(24)22-15-7-9-16(10-8-15)28(21,25)26/h4-11,14H,1-3H3,(H,22,24)(H2,21,25,26)/t14-/m1/s1. The molecule has 1 aromatic heterocycles. The molecule has 0 bridgehead atoms. The first kappa shape index (κ1) is 20.3. The molecule has 6 nitrogen and oxygen atoms in total. The summed E-state index contributed by atoms with van der Waals surface area (Å²) in [5.74, 6) is -0.197. The van der Waals surface area contributed by atoms with E-state index in [9.17, 15) is 13.2 Å². The number of primary sulfonamides is 1. The van der Waals surface area contributed by atoms with E-state index in [0.29, 0.717) is 5.69 Å². The van der Waals surface area contributed by atoms with Gasteiger partial charge >= 0.3 is 0 Å². The number of sulfonamides is 1. The summed E-state index contributed by atoms with van der Waals surface area (Å²) in [6.45, 7) is 5.85. The minimum absolute atomic E-state index is 0.000804. The molecular weight excluding hydrogens is 394 g/mol. The van der Waals surface area contributed by atoms with Crippen molar-refractivity contribution < 1.29 is 13.2 Å². The van der Waals surface area contributed by atoms with Gasteiger partial charge in [-0.1, -0.05) is 30.0 Å². The molecule has 0 aliphatic carbocycles. The van der Waals surface area contributed by atoms with Crippen LogP contribution < -0.4 is 10.5 Å². The van der Waals surface area contributed by atoms with E-state index in [1.165, 1.54) is 36.0 Å². The third kappa shape index (κ3) is 4.52. The molecule has 0 saturated carbocycles. The number of rotatable bonds is 5. The number of nitrogens with two attached hydrogens (primary N) is 1. The zero-order chi connectivity index (χ0) is 20.5.